The van der Waals surface area contributed by atoms with Crippen molar-refractivity contribution in [1.29, 1.82) is 0 Å². The number of ether oxygens (including phenoxy) is 2. The van der Waals surface area contributed by atoms with E-state index in [2.05, 4.69) is 6.58 Å². The van der Waals surface area contributed by atoms with Crippen LogP contribution in [0.1, 0.15) is 43.8 Å². The fourth-order valence-electron chi connectivity index (χ4n) is 5.37. The van der Waals surface area contributed by atoms with E-state index in [0.29, 0.717) is 25.9 Å². The van der Waals surface area contributed by atoms with Crippen LogP contribution in [0.2, 0.25) is 0 Å². The van der Waals surface area contributed by atoms with Gasteiger partial charge < -0.3 is 13.9 Å². The van der Waals surface area contributed by atoms with Crippen molar-refractivity contribution < 1.29 is 23.5 Å². The smallest absolute Gasteiger partial charge is 0.334 e. The normalized spacial score (nSPS) is 39.7. The second-order valence-electron chi connectivity index (χ2n) is 7.85. The Morgan fingerprint density at radius 3 is 2.92 bits per heavy atom. The predicted molar refractivity (Wildman–Crippen MR) is 87.2 cm³/mol. The van der Waals surface area contributed by atoms with Gasteiger partial charge in [-0.2, -0.15) is 0 Å². The van der Waals surface area contributed by atoms with Gasteiger partial charge in [0, 0.05) is 23.0 Å². The van der Waals surface area contributed by atoms with Gasteiger partial charge in [0.15, 0.2) is 0 Å². The van der Waals surface area contributed by atoms with E-state index in [4.69, 9.17) is 13.9 Å². The maximum atomic E-state index is 12.9. The van der Waals surface area contributed by atoms with Gasteiger partial charge in [-0.3, -0.25) is 4.79 Å². The molecule has 4 aliphatic rings. The molecule has 1 aromatic rings. The summed E-state index contributed by atoms with van der Waals surface area (Å²) in [7, 11) is 0. The first-order valence-corrected chi connectivity index (χ1v) is 8.84. The first kappa shape index (κ1) is 15.0. The zero-order valence-corrected chi connectivity index (χ0v) is 14.0. The number of hydrogen-bond donors (Lipinski definition) is 0. The average molecular weight is 340 g/mol. The van der Waals surface area contributed by atoms with E-state index in [1.165, 1.54) is 0 Å². The number of furan rings is 1. The van der Waals surface area contributed by atoms with Gasteiger partial charge in [-0.15, -0.1) is 0 Å². The van der Waals surface area contributed by atoms with Crippen LogP contribution in [0.15, 0.2) is 46.8 Å². The highest BCUT2D eigenvalue weighted by Gasteiger charge is 2.63. The summed E-state index contributed by atoms with van der Waals surface area (Å²) in [4.78, 5) is 25.0. The Morgan fingerprint density at radius 1 is 1.24 bits per heavy atom. The van der Waals surface area contributed by atoms with E-state index >= 15 is 0 Å². The molecular formula is C20H20O5. The molecule has 0 radical (unpaired) electrons. The molecule has 0 amide bonds. The van der Waals surface area contributed by atoms with Crippen LogP contribution < -0.4 is 0 Å². The summed E-state index contributed by atoms with van der Waals surface area (Å²) < 4.78 is 16.2. The van der Waals surface area contributed by atoms with Crippen LogP contribution in [0.4, 0.5) is 0 Å². The molecule has 4 atom stereocenters. The Kier molecular flexibility index (Phi) is 2.92. The van der Waals surface area contributed by atoms with Crippen molar-refractivity contribution in [2.45, 2.75) is 38.2 Å². The lowest BCUT2D eigenvalue weighted by Gasteiger charge is -2.49. The Labute approximate surface area is 145 Å². The van der Waals surface area contributed by atoms with Gasteiger partial charge in [0.1, 0.15) is 12.7 Å². The summed E-state index contributed by atoms with van der Waals surface area (Å²) in [5, 5.41) is 0. The van der Waals surface area contributed by atoms with Crippen LogP contribution in [0, 0.1) is 16.7 Å². The van der Waals surface area contributed by atoms with Gasteiger partial charge >= 0.3 is 11.9 Å². The third-order valence-electron chi connectivity index (χ3n) is 6.75. The van der Waals surface area contributed by atoms with Gasteiger partial charge in [-0.25, -0.2) is 4.79 Å². The molecule has 5 heteroatoms. The molecule has 1 saturated carbocycles. The molecule has 5 rings (SSSR count). The highest BCUT2D eigenvalue weighted by Crippen LogP contribution is 2.64. The molecule has 2 aliphatic carbocycles. The zero-order chi connectivity index (χ0) is 17.2. The monoisotopic (exact) mass is 340 g/mol. The van der Waals surface area contributed by atoms with Crippen LogP contribution in [-0.4, -0.2) is 18.5 Å². The average Bonchev–Trinajstić information content (AvgIpc) is 3.29. The molecule has 3 heterocycles. The van der Waals surface area contributed by atoms with E-state index in [1.807, 2.05) is 12.1 Å². The molecule has 0 unspecified atom stereocenters. The number of rotatable bonds is 1. The van der Waals surface area contributed by atoms with E-state index in [1.54, 1.807) is 12.5 Å². The molecule has 0 N–H and O–H groups in total. The Morgan fingerprint density at radius 2 is 2.12 bits per heavy atom. The number of carbonyl (C=O) groups is 2. The Balaban J connectivity index is 1.50. The fourth-order valence-corrected chi connectivity index (χ4v) is 5.37. The third-order valence-corrected chi connectivity index (χ3v) is 6.75. The second kappa shape index (κ2) is 4.87. The lowest BCUT2D eigenvalue weighted by Crippen LogP contribution is -2.47. The first-order valence-electron chi connectivity index (χ1n) is 8.84. The van der Waals surface area contributed by atoms with Crippen LogP contribution >= 0.6 is 0 Å². The minimum Gasteiger partial charge on any atom is -0.472 e. The van der Waals surface area contributed by atoms with Crippen LogP contribution in [0.5, 0.6) is 0 Å². The van der Waals surface area contributed by atoms with Crippen LogP contribution in [0.3, 0.4) is 0 Å². The van der Waals surface area contributed by atoms with Gasteiger partial charge in [0.25, 0.3) is 0 Å². The van der Waals surface area contributed by atoms with Crippen LogP contribution in [0.25, 0.3) is 0 Å². The lowest BCUT2D eigenvalue weighted by molar-refractivity contribution is -0.150. The summed E-state index contributed by atoms with van der Waals surface area (Å²) in [6, 6.07) is 1.84. The van der Waals surface area contributed by atoms with Crippen molar-refractivity contribution in [3.8, 4) is 0 Å². The topological polar surface area (TPSA) is 65.7 Å². The highest BCUT2D eigenvalue weighted by molar-refractivity contribution is 5.93. The number of allylic oxidation sites excluding steroid dienone is 1. The largest absolute Gasteiger partial charge is 0.472 e. The minimum atomic E-state index is -0.647. The molecule has 0 aromatic carbocycles. The molecule has 130 valence electrons. The van der Waals surface area contributed by atoms with E-state index in [-0.39, 0.29) is 29.4 Å². The summed E-state index contributed by atoms with van der Waals surface area (Å²) in [6.07, 6.45) is 8.72. The van der Waals surface area contributed by atoms with E-state index in [9.17, 15) is 9.59 Å². The first-order chi connectivity index (χ1) is 12.1. The number of esters is 2. The van der Waals surface area contributed by atoms with Gasteiger partial charge in [0.2, 0.25) is 0 Å². The molecule has 2 spiro atoms. The Hall–Kier alpha value is -2.30. The van der Waals surface area contributed by atoms with Crippen molar-refractivity contribution in [3.63, 3.8) is 0 Å². The molecular weight excluding hydrogens is 320 g/mol. The molecule has 3 fully saturated rings. The summed E-state index contributed by atoms with van der Waals surface area (Å²) in [5.74, 6) is -0.126. The van der Waals surface area contributed by atoms with Crippen molar-refractivity contribution >= 4 is 11.9 Å². The zero-order valence-electron chi connectivity index (χ0n) is 14.0. The molecule has 2 saturated heterocycles. The second-order valence-corrected chi connectivity index (χ2v) is 7.85. The SMILES string of the molecule is C=C1C[C@]23COC(=O)C2=CCC[C@@H]3C[C@@]12C[C@@H](c1ccoc1)OC2=O. The molecule has 25 heavy (non-hydrogen) atoms. The quantitative estimate of drug-likeness (QED) is 0.578. The maximum absolute atomic E-state index is 12.9. The van der Waals surface area contributed by atoms with Crippen molar-refractivity contribution in [1.82, 2.24) is 0 Å². The standard InChI is InChI=1S/C20H20O5/c1-12-7-20-11-24-17(21)15(20)4-2-3-14(20)8-19(12)9-16(25-18(19)22)13-5-6-23-10-13/h4-6,10,14,16H,1-3,7-9,11H2/t14-,16+,19-,20-/m1/s1. The van der Waals surface area contributed by atoms with Crippen molar-refractivity contribution in [3.05, 3.63) is 48.0 Å². The molecule has 2 aliphatic heterocycles. The number of cyclic esters (lactones) is 2. The van der Waals surface area contributed by atoms with Crippen LogP contribution in [-0.2, 0) is 19.1 Å². The summed E-state index contributed by atoms with van der Waals surface area (Å²) in [5.41, 5.74) is 1.64. The maximum Gasteiger partial charge on any atom is 0.334 e. The van der Waals surface area contributed by atoms with Gasteiger partial charge in [-0.1, -0.05) is 18.2 Å². The van der Waals surface area contributed by atoms with E-state index < -0.39 is 5.41 Å². The lowest BCUT2D eigenvalue weighted by atomic mass is 9.51. The predicted octanol–water partition coefficient (Wildman–Crippen LogP) is 3.48. The van der Waals surface area contributed by atoms with Crippen molar-refractivity contribution in [2.75, 3.05) is 6.61 Å². The van der Waals surface area contributed by atoms with Gasteiger partial charge in [0.05, 0.1) is 17.9 Å². The minimum absolute atomic E-state index is 0.181. The fraction of sp³-hybridized carbons (Fsp3) is 0.500. The Bertz CT molecular complexity index is 804. The molecule has 5 nitrogen and oxygen atoms in total. The number of hydrogen-bond acceptors (Lipinski definition) is 5. The molecule has 0 bridgehead atoms. The summed E-state index contributed by atoms with van der Waals surface area (Å²) in [6.45, 7) is 4.68. The van der Waals surface area contributed by atoms with Gasteiger partial charge in [-0.05, 0) is 37.7 Å². The number of carbonyl (C=O) groups excluding carboxylic acids is 2. The third kappa shape index (κ3) is 1.84. The van der Waals surface area contributed by atoms with E-state index in [0.717, 1.165) is 29.6 Å². The highest BCUT2D eigenvalue weighted by atomic mass is 16.6. The molecule has 1 aromatic heterocycles. The van der Waals surface area contributed by atoms with Crippen molar-refractivity contribution in [2.24, 2.45) is 16.7 Å². The summed E-state index contributed by atoms with van der Waals surface area (Å²) >= 11 is 0.